The number of aromatic nitrogens is 2. The second-order valence-corrected chi connectivity index (χ2v) is 9.92. The monoisotopic (exact) mass is 434 g/mol. The lowest BCUT2D eigenvalue weighted by Gasteiger charge is -2.28. The van der Waals surface area contributed by atoms with Gasteiger partial charge in [-0.05, 0) is 44.4 Å². The summed E-state index contributed by atoms with van der Waals surface area (Å²) in [7, 11) is -3.08. The third-order valence-electron chi connectivity index (χ3n) is 5.43. The van der Waals surface area contributed by atoms with Gasteiger partial charge in [-0.3, -0.25) is 19.6 Å². The summed E-state index contributed by atoms with van der Waals surface area (Å²) in [6.45, 7) is 6.09. The van der Waals surface area contributed by atoms with Crippen LogP contribution < -0.4 is 0 Å². The summed E-state index contributed by atoms with van der Waals surface area (Å²) < 4.78 is 25.2. The molecule has 9 nitrogen and oxygen atoms in total. The van der Waals surface area contributed by atoms with Gasteiger partial charge in [0.15, 0.2) is 9.84 Å². The Morgan fingerprint density at radius 2 is 1.97 bits per heavy atom. The fourth-order valence-electron chi connectivity index (χ4n) is 3.91. The Kier molecular flexibility index (Phi) is 6.25. The summed E-state index contributed by atoms with van der Waals surface area (Å²) in [5.41, 5.74) is 2.22. The van der Waals surface area contributed by atoms with E-state index in [1.165, 1.54) is 0 Å². The van der Waals surface area contributed by atoms with Crippen molar-refractivity contribution >= 4 is 21.4 Å². The highest BCUT2D eigenvalue weighted by Gasteiger charge is 2.34. The predicted octanol–water partition coefficient (Wildman–Crippen LogP) is 2.50. The van der Waals surface area contributed by atoms with Crippen LogP contribution in [0.2, 0.25) is 0 Å². The fraction of sp³-hybridized carbons (Fsp3) is 0.500. The van der Waals surface area contributed by atoms with Gasteiger partial charge in [-0.25, -0.2) is 8.42 Å². The molecule has 162 valence electrons. The number of hydrogen-bond donors (Lipinski definition) is 0. The molecule has 3 rings (SSSR count). The van der Waals surface area contributed by atoms with Crippen LogP contribution in [0.1, 0.15) is 47.1 Å². The first-order valence-corrected chi connectivity index (χ1v) is 11.7. The lowest BCUT2D eigenvalue weighted by atomic mass is 10.1. The minimum Gasteiger partial charge on any atom is -0.335 e. The number of hydrogen-bond acceptors (Lipinski definition) is 6. The van der Waals surface area contributed by atoms with Crippen molar-refractivity contribution in [2.45, 2.75) is 46.2 Å². The molecular formula is C20H26N4O5S. The molecule has 10 heteroatoms. The van der Waals surface area contributed by atoms with Gasteiger partial charge in [0.25, 0.3) is 5.91 Å². The highest BCUT2D eigenvalue weighted by atomic mass is 32.2. The molecule has 1 aromatic carbocycles. The van der Waals surface area contributed by atoms with Gasteiger partial charge in [0.05, 0.1) is 23.0 Å². The molecule has 1 amide bonds. The van der Waals surface area contributed by atoms with Crippen molar-refractivity contribution in [3.8, 4) is 0 Å². The SMILES string of the molecule is CCCN(C(=O)c1ccc(Cn2nc(C)c([N+](=O)[O-])c2C)cc1)C1CCS(=O)(=O)C1. The minimum atomic E-state index is -3.08. The zero-order chi connectivity index (χ0) is 22.1. The van der Waals surface area contributed by atoms with Crippen LogP contribution >= 0.6 is 0 Å². The van der Waals surface area contributed by atoms with Gasteiger partial charge in [0, 0.05) is 18.2 Å². The average Bonchev–Trinajstić information content (AvgIpc) is 3.18. The Morgan fingerprint density at radius 1 is 1.30 bits per heavy atom. The van der Waals surface area contributed by atoms with Crippen LogP contribution in [0.15, 0.2) is 24.3 Å². The number of carbonyl (C=O) groups is 1. The van der Waals surface area contributed by atoms with Crippen LogP contribution in [0, 0.1) is 24.0 Å². The molecule has 1 saturated heterocycles. The van der Waals surface area contributed by atoms with E-state index in [1.54, 1.807) is 47.7 Å². The van der Waals surface area contributed by atoms with Crippen LogP contribution in [-0.2, 0) is 16.4 Å². The number of nitro groups is 1. The summed E-state index contributed by atoms with van der Waals surface area (Å²) in [5, 5.41) is 15.4. The Hall–Kier alpha value is -2.75. The topological polar surface area (TPSA) is 115 Å². The zero-order valence-corrected chi connectivity index (χ0v) is 18.2. The van der Waals surface area contributed by atoms with Crippen molar-refractivity contribution in [3.05, 3.63) is 56.9 Å². The first-order valence-electron chi connectivity index (χ1n) is 9.91. The number of aryl methyl sites for hydroxylation is 1. The van der Waals surface area contributed by atoms with E-state index in [9.17, 15) is 23.3 Å². The van der Waals surface area contributed by atoms with Gasteiger partial charge in [-0.15, -0.1) is 0 Å². The molecule has 0 spiro atoms. The Labute approximate surface area is 175 Å². The van der Waals surface area contributed by atoms with Crippen LogP contribution in [0.5, 0.6) is 0 Å². The number of amides is 1. The van der Waals surface area contributed by atoms with Crippen molar-refractivity contribution in [2.75, 3.05) is 18.1 Å². The van der Waals surface area contributed by atoms with Crippen LogP contribution in [0.4, 0.5) is 5.69 Å². The van der Waals surface area contributed by atoms with Gasteiger partial charge in [-0.2, -0.15) is 5.10 Å². The van der Waals surface area contributed by atoms with Crippen molar-refractivity contribution in [1.29, 1.82) is 0 Å². The molecule has 1 aliphatic rings. The third kappa shape index (κ3) is 4.53. The average molecular weight is 435 g/mol. The minimum absolute atomic E-state index is 0.0171. The number of benzene rings is 1. The molecule has 1 aromatic heterocycles. The molecule has 1 aliphatic heterocycles. The van der Waals surface area contributed by atoms with Gasteiger partial charge >= 0.3 is 5.69 Å². The van der Waals surface area contributed by atoms with Crippen molar-refractivity contribution in [3.63, 3.8) is 0 Å². The molecule has 0 radical (unpaired) electrons. The van der Waals surface area contributed by atoms with Crippen LogP contribution in [0.25, 0.3) is 0 Å². The molecule has 0 N–H and O–H groups in total. The molecule has 2 aromatic rings. The van der Waals surface area contributed by atoms with Gasteiger partial charge in [0.1, 0.15) is 11.4 Å². The molecule has 0 bridgehead atoms. The summed E-state index contributed by atoms with van der Waals surface area (Å²) >= 11 is 0. The largest absolute Gasteiger partial charge is 0.335 e. The van der Waals surface area contributed by atoms with E-state index < -0.39 is 14.8 Å². The summed E-state index contributed by atoms with van der Waals surface area (Å²) in [4.78, 5) is 25.4. The molecule has 2 heterocycles. The van der Waals surface area contributed by atoms with Gasteiger partial charge in [0.2, 0.25) is 0 Å². The number of carbonyl (C=O) groups excluding carboxylic acids is 1. The van der Waals surface area contributed by atoms with E-state index in [0.29, 0.717) is 36.5 Å². The van der Waals surface area contributed by atoms with E-state index in [-0.39, 0.29) is 29.1 Å². The zero-order valence-electron chi connectivity index (χ0n) is 17.4. The van der Waals surface area contributed by atoms with E-state index in [2.05, 4.69) is 5.10 Å². The Bertz CT molecular complexity index is 1060. The van der Waals surface area contributed by atoms with E-state index in [1.807, 2.05) is 6.92 Å². The van der Waals surface area contributed by atoms with E-state index in [4.69, 9.17) is 0 Å². The highest BCUT2D eigenvalue weighted by molar-refractivity contribution is 7.91. The summed E-state index contributed by atoms with van der Waals surface area (Å²) in [6.07, 6.45) is 1.22. The summed E-state index contributed by atoms with van der Waals surface area (Å²) in [6, 6.07) is 6.74. The lowest BCUT2D eigenvalue weighted by molar-refractivity contribution is -0.386. The maximum absolute atomic E-state index is 13.0. The third-order valence-corrected chi connectivity index (χ3v) is 7.18. The maximum Gasteiger partial charge on any atom is 0.312 e. The van der Waals surface area contributed by atoms with Crippen LogP contribution in [0.3, 0.4) is 0 Å². The number of rotatable bonds is 7. The quantitative estimate of drug-likeness (QED) is 0.488. The first kappa shape index (κ1) is 21.9. The van der Waals surface area contributed by atoms with Crippen molar-refractivity contribution in [2.24, 2.45) is 0 Å². The normalized spacial score (nSPS) is 17.8. The number of nitrogens with zero attached hydrogens (tertiary/aromatic N) is 4. The lowest BCUT2D eigenvalue weighted by Crippen LogP contribution is -2.41. The number of sulfone groups is 1. The second-order valence-electron chi connectivity index (χ2n) is 7.69. The standard InChI is InChI=1S/C20H26N4O5S/c1-4-10-22(18-9-11-30(28,29)13-18)20(25)17-7-5-16(6-8-17)12-23-15(3)19(24(26)27)14(2)21-23/h5-8,18H,4,9-13H2,1-3H3. The van der Waals surface area contributed by atoms with E-state index in [0.717, 1.165) is 12.0 Å². The highest BCUT2D eigenvalue weighted by Crippen LogP contribution is 2.23. The van der Waals surface area contributed by atoms with E-state index >= 15 is 0 Å². The fourth-order valence-corrected chi connectivity index (χ4v) is 5.64. The molecule has 1 unspecified atom stereocenters. The molecule has 30 heavy (non-hydrogen) atoms. The van der Waals surface area contributed by atoms with Crippen molar-refractivity contribution in [1.82, 2.24) is 14.7 Å². The summed E-state index contributed by atoms with van der Waals surface area (Å²) in [5.74, 6) is -0.0286. The Balaban J connectivity index is 1.77. The van der Waals surface area contributed by atoms with Gasteiger partial charge in [-0.1, -0.05) is 19.1 Å². The molecular weight excluding hydrogens is 408 g/mol. The predicted molar refractivity (Wildman–Crippen MR) is 112 cm³/mol. The van der Waals surface area contributed by atoms with Crippen molar-refractivity contribution < 1.29 is 18.1 Å². The molecule has 1 fully saturated rings. The molecule has 0 aliphatic carbocycles. The first-order chi connectivity index (χ1) is 14.1. The second kappa shape index (κ2) is 8.55. The molecule has 1 atom stereocenters. The maximum atomic E-state index is 13.0. The van der Waals surface area contributed by atoms with Gasteiger partial charge < -0.3 is 4.90 Å². The Morgan fingerprint density at radius 3 is 2.47 bits per heavy atom. The smallest absolute Gasteiger partial charge is 0.312 e. The molecule has 0 saturated carbocycles. The van der Waals surface area contributed by atoms with Crippen LogP contribution in [-0.4, -0.2) is 58.0 Å².